The molecule has 1 aromatic heterocycles. The standard InChI is InChI=1S/C17H29N3OS/c1-13(2)16-18-9-11-20(16)14(3)17(21)19-10-12-22-15-7-5-4-6-8-15/h9,11,13-15H,4-8,10,12H2,1-3H3,(H,19,21). The Balaban J connectivity index is 1.73. The second-order valence-electron chi connectivity index (χ2n) is 6.45. The number of amides is 1. The lowest BCUT2D eigenvalue weighted by atomic mass is 10.0. The van der Waals surface area contributed by atoms with Crippen LogP contribution in [0.15, 0.2) is 12.4 Å². The molecule has 5 heteroatoms. The summed E-state index contributed by atoms with van der Waals surface area (Å²) in [5, 5.41) is 3.88. The Kier molecular flexibility index (Phi) is 6.80. The molecule has 1 unspecified atom stereocenters. The molecule has 0 aliphatic heterocycles. The van der Waals surface area contributed by atoms with Crippen molar-refractivity contribution in [3.63, 3.8) is 0 Å². The highest BCUT2D eigenvalue weighted by molar-refractivity contribution is 7.99. The highest BCUT2D eigenvalue weighted by Gasteiger charge is 2.19. The van der Waals surface area contributed by atoms with Crippen LogP contribution < -0.4 is 5.32 Å². The molecule has 1 aliphatic rings. The molecule has 2 rings (SSSR count). The van der Waals surface area contributed by atoms with Crippen molar-refractivity contribution in [2.45, 2.75) is 70.1 Å². The lowest BCUT2D eigenvalue weighted by Gasteiger charge is -2.21. The monoisotopic (exact) mass is 323 g/mol. The van der Waals surface area contributed by atoms with Gasteiger partial charge in [0.2, 0.25) is 5.91 Å². The van der Waals surface area contributed by atoms with Crippen LogP contribution in [0, 0.1) is 0 Å². The molecule has 0 radical (unpaired) electrons. The molecule has 1 heterocycles. The number of aromatic nitrogens is 2. The number of thioether (sulfide) groups is 1. The van der Waals surface area contributed by atoms with E-state index in [1.807, 2.05) is 29.4 Å². The Morgan fingerprint density at radius 3 is 2.77 bits per heavy atom. The molecule has 1 fully saturated rings. The number of carbonyl (C=O) groups is 1. The molecular formula is C17H29N3OS. The average molecular weight is 324 g/mol. The molecule has 124 valence electrons. The van der Waals surface area contributed by atoms with Crippen LogP contribution >= 0.6 is 11.8 Å². The van der Waals surface area contributed by atoms with Crippen molar-refractivity contribution in [1.82, 2.24) is 14.9 Å². The van der Waals surface area contributed by atoms with Gasteiger partial charge in [-0.3, -0.25) is 4.79 Å². The molecule has 1 aromatic rings. The Labute approximate surface area is 138 Å². The van der Waals surface area contributed by atoms with E-state index in [2.05, 4.69) is 24.1 Å². The van der Waals surface area contributed by atoms with Gasteiger partial charge < -0.3 is 9.88 Å². The maximum absolute atomic E-state index is 12.3. The first-order chi connectivity index (χ1) is 10.6. The highest BCUT2D eigenvalue weighted by atomic mass is 32.2. The molecule has 0 aromatic carbocycles. The maximum Gasteiger partial charge on any atom is 0.242 e. The number of rotatable bonds is 7. The SMILES string of the molecule is CC(C)c1nccn1C(C)C(=O)NCCSC1CCCCC1. The van der Waals surface area contributed by atoms with Crippen LogP contribution in [0.1, 0.15) is 70.7 Å². The zero-order valence-electron chi connectivity index (χ0n) is 14.0. The van der Waals surface area contributed by atoms with Gasteiger partial charge >= 0.3 is 0 Å². The zero-order valence-corrected chi connectivity index (χ0v) is 14.9. The minimum absolute atomic E-state index is 0.0872. The number of imidazole rings is 1. The molecule has 1 atom stereocenters. The van der Waals surface area contributed by atoms with E-state index in [9.17, 15) is 4.79 Å². The summed E-state index contributed by atoms with van der Waals surface area (Å²) in [7, 11) is 0. The van der Waals surface area contributed by atoms with Gasteiger partial charge in [0.05, 0.1) is 0 Å². The first kappa shape index (κ1) is 17.4. The van der Waals surface area contributed by atoms with Crippen molar-refractivity contribution in [3.8, 4) is 0 Å². The van der Waals surface area contributed by atoms with E-state index in [4.69, 9.17) is 0 Å². The predicted octanol–water partition coefficient (Wildman–Crippen LogP) is 3.75. The van der Waals surface area contributed by atoms with Crippen molar-refractivity contribution in [2.24, 2.45) is 0 Å². The van der Waals surface area contributed by atoms with Crippen LogP contribution in [0.25, 0.3) is 0 Å². The van der Waals surface area contributed by atoms with Gasteiger partial charge in [-0.25, -0.2) is 4.98 Å². The maximum atomic E-state index is 12.3. The Bertz CT molecular complexity index is 466. The van der Waals surface area contributed by atoms with Crippen molar-refractivity contribution < 1.29 is 4.79 Å². The number of nitrogens with one attached hydrogen (secondary N) is 1. The summed E-state index contributed by atoms with van der Waals surface area (Å²) in [4.78, 5) is 16.7. The van der Waals surface area contributed by atoms with E-state index in [0.29, 0.717) is 5.92 Å². The Morgan fingerprint density at radius 2 is 2.09 bits per heavy atom. The van der Waals surface area contributed by atoms with Gasteiger partial charge in [0.1, 0.15) is 11.9 Å². The minimum atomic E-state index is -0.195. The summed E-state index contributed by atoms with van der Waals surface area (Å²) in [5.41, 5.74) is 0. The van der Waals surface area contributed by atoms with E-state index in [0.717, 1.165) is 23.4 Å². The van der Waals surface area contributed by atoms with Crippen molar-refractivity contribution in [1.29, 1.82) is 0 Å². The largest absolute Gasteiger partial charge is 0.353 e. The van der Waals surface area contributed by atoms with Gasteiger partial charge in [0, 0.05) is 35.9 Å². The van der Waals surface area contributed by atoms with Gasteiger partial charge in [-0.2, -0.15) is 11.8 Å². The molecule has 1 amide bonds. The van der Waals surface area contributed by atoms with Crippen molar-refractivity contribution in [3.05, 3.63) is 18.2 Å². The van der Waals surface area contributed by atoms with Crippen LogP contribution in [0.3, 0.4) is 0 Å². The lowest BCUT2D eigenvalue weighted by Crippen LogP contribution is -2.33. The van der Waals surface area contributed by atoms with E-state index in [1.54, 1.807) is 6.20 Å². The molecule has 0 saturated heterocycles. The third-order valence-electron chi connectivity index (χ3n) is 4.32. The molecule has 1 aliphatic carbocycles. The van der Waals surface area contributed by atoms with Gasteiger partial charge in [-0.1, -0.05) is 33.1 Å². The number of hydrogen-bond donors (Lipinski definition) is 1. The van der Waals surface area contributed by atoms with E-state index in [1.165, 1.54) is 32.1 Å². The molecule has 22 heavy (non-hydrogen) atoms. The Morgan fingerprint density at radius 1 is 1.36 bits per heavy atom. The molecule has 0 bridgehead atoms. The third-order valence-corrected chi connectivity index (χ3v) is 5.70. The van der Waals surface area contributed by atoms with Gasteiger partial charge in [-0.15, -0.1) is 0 Å². The van der Waals surface area contributed by atoms with Crippen molar-refractivity contribution in [2.75, 3.05) is 12.3 Å². The Hall–Kier alpha value is -0.970. The molecule has 4 nitrogen and oxygen atoms in total. The van der Waals surface area contributed by atoms with Gasteiger partial charge in [0.15, 0.2) is 0 Å². The summed E-state index contributed by atoms with van der Waals surface area (Å²) in [5.74, 6) is 2.40. The quantitative estimate of drug-likeness (QED) is 0.777. The van der Waals surface area contributed by atoms with E-state index < -0.39 is 0 Å². The lowest BCUT2D eigenvalue weighted by molar-refractivity contribution is -0.123. The number of hydrogen-bond acceptors (Lipinski definition) is 3. The van der Waals surface area contributed by atoms with E-state index >= 15 is 0 Å². The first-order valence-corrected chi connectivity index (χ1v) is 9.56. The van der Waals surface area contributed by atoms with Crippen LogP contribution in [0.2, 0.25) is 0 Å². The van der Waals surface area contributed by atoms with Crippen LogP contribution in [-0.4, -0.2) is 33.0 Å². The average Bonchev–Trinajstić information content (AvgIpc) is 3.01. The topological polar surface area (TPSA) is 46.9 Å². The molecular weight excluding hydrogens is 294 g/mol. The van der Waals surface area contributed by atoms with Gasteiger partial charge in [0.25, 0.3) is 0 Å². The van der Waals surface area contributed by atoms with Crippen molar-refractivity contribution >= 4 is 17.7 Å². The summed E-state index contributed by atoms with van der Waals surface area (Å²) in [6.07, 6.45) is 10.5. The van der Waals surface area contributed by atoms with Gasteiger partial charge in [-0.05, 0) is 19.8 Å². The molecule has 1 N–H and O–H groups in total. The summed E-state index contributed by atoms with van der Waals surface area (Å²) >= 11 is 2.02. The third kappa shape index (κ3) is 4.77. The number of nitrogens with zero attached hydrogens (tertiary/aromatic N) is 2. The second kappa shape index (κ2) is 8.61. The second-order valence-corrected chi connectivity index (χ2v) is 7.85. The summed E-state index contributed by atoms with van der Waals surface area (Å²) < 4.78 is 1.98. The van der Waals surface area contributed by atoms with E-state index in [-0.39, 0.29) is 11.9 Å². The van der Waals surface area contributed by atoms with Crippen LogP contribution in [-0.2, 0) is 4.79 Å². The number of carbonyl (C=O) groups excluding carboxylic acids is 1. The van der Waals surface area contributed by atoms with Crippen LogP contribution in [0.5, 0.6) is 0 Å². The summed E-state index contributed by atoms with van der Waals surface area (Å²) in [6.45, 7) is 6.90. The fourth-order valence-corrected chi connectivity index (χ4v) is 4.22. The van der Waals surface area contributed by atoms with Crippen LogP contribution in [0.4, 0.5) is 0 Å². The molecule has 0 spiro atoms. The fraction of sp³-hybridized carbons (Fsp3) is 0.765. The first-order valence-electron chi connectivity index (χ1n) is 8.51. The zero-order chi connectivity index (χ0) is 15.9. The smallest absolute Gasteiger partial charge is 0.242 e. The highest BCUT2D eigenvalue weighted by Crippen LogP contribution is 2.27. The minimum Gasteiger partial charge on any atom is -0.353 e. The predicted molar refractivity (Wildman–Crippen MR) is 93.4 cm³/mol. The fourth-order valence-electron chi connectivity index (χ4n) is 3.00. The molecule has 1 saturated carbocycles. The summed E-state index contributed by atoms with van der Waals surface area (Å²) in [6, 6.07) is -0.195. The normalized spacial score (nSPS) is 17.6.